The maximum absolute atomic E-state index is 12.3. The third kappa shape index (κ3) is 5.28. The van der Waals surface area contributed by atoms with Crippen molar-refractivity contribution in [3.63, 3.8) is 0 Å². The lowest BCUT2D eigenvalue weighted by Gasteiger charge is -2.16. The minimum Gasteiger partial charge on any atom is -0.450 e. The largest absolute Gasteiger partial charge is 0.573 e. The minimum absolute atomic E-state index is 0.414. The van der Waals surface area contributed by atoms with Crippen LogP contribution < -0.4 is 14.2 Å². The van der Waals surface area contributed by atoms with Crippen LogP contribution in [0.2, 0.25) is 0 Å². The second kappa shape index (κ2) is 6.27. The second-order valence-electron chi connectivity index (χ2n) is 4.09. The molecule has 0 N–H and O–H groups in total. The van der Waals surface area contributed by atoms with E-state index in [0.717, 1.165) is 24.3 Å². The highest BCUT2D eigenvalue weighted by atomic mass is 19.4. The van der Waals surface area contributed by atoms with Crippen molar-refractivity contribution >= 4 is 0 Å². The number of alkyl halides is 6. The lowest BCUT2D eigenvalue weighted by Crippen LogP contribution is -2.18. The molecule has 0 aliphatic carbocycles. The molecule has 2 rings (SSSR count). The first kappa shape index (κ1) is 16.8. The molecule has 0 aliphatic heterocycles. The van der Waals surface area contributed by atoms with Gasteiger partial charge in [-0.3, -0.25) is 0 Å². The molecule has 9 heteroatoms. The molecule has 2 aromatic carbocycles. The van der Waals surface area contributed by atoms with Crippen molar-refractivity contribution in [1.82, 2.24) is 0 Å². The number of ether oxygens (including phenoxy) is 3. The molecule has 0 bridgehead atoms. The van der Waals surface area contributed by atoms with Crippen LogP contribution in [-0.2, 0) is 0 Å². The van der Waals surface area contributed by atoms with Gasteiger partial charge in [-0.15, -0.1) is 26.3 Å². The molecule has 3 nitrogen and oxygen atoms in total. The van der Waals surface area contributed by atoms with Gasteiger partial charge in [0.15, 0.2) is 23.0 Å². The number of halogens is 6. The van der Waals surface area contributed by atoms with E-state index >= 15 is 0 Å². The molecule has 0 radical (unpaired) electrons. The Balaban J connectivity index is 2.30. The monoisotopic (exact) mass is 338 g/mol. The molecule has 0 atom stereocenters. The predicted molar refractivity (Wildman–Crippen MR) is 66.3 cm³/mol. The highest BCUT2D eigenvalue weighted by Crippen LogP contribution is 2.39. The van der Waals surface area contributed by atoms with Gasteiger partial charge in [-0.1, -0.05) is 24.3 Å². The zero-order valence-corrected chi connectivity index (χ0v) is 11.1. The minimum atomic E-state index is -4.97. The molecule has 0 aliphatic rings. The van der Waals surface area contributed by atoms with Crippen LogP contribution in [0.4, 0.5) is 26.3 Å². The molecule has 23 heavy (non-hydrogen) atoms. The van der Waals surface area contributed by atoms with Gasteiger partial charge in [-0.25, -0.2) is 0 Å². The first-order chi connectivity index (χ1) is 10.6. The maximum atomic E-state index is 12.3. The fourth-order valence-corrected chi connectivity index (χ4v) is 1.61. The Labute approximate surface area is 126 Å². The van der Waals surface area contributed by atoms with E-state index in [9.17, 15) is 26.3 Å². The Morgan fingerprint density at radius 2 is 0.826 bits per heavy atom. The van der Waals surface area contributed by atoms with Crippen LogP contribution in [0.1, 0.15) is 0 Å². The third-order valence-electron chi connectivity index (χ3n) is 2.37. The van der Waals surface area contributed by atoms with E-state index in [2.05, 4.69) is 9.47 Å². The molecular formula is C14H8F6O3. The smallest absolute Gasteiger partial charge is 0.450 e. The predicted octanol–water partition coefficient (Wildman–Crippen LogP) is 5.28. The summed E-state index contributed by atoms with van der Waals surface area (Å²) in [6, 6.07) is 9.36. The second-order valence-corrected chi connectivity index (χ2v) is 4.09. The van der Waals surface area contributed by atoms with Gasteiger partial charge in [0.25, 0.3) is 0 Å². The van der Waals surface area contributed by atoms with Crippen LogP contribution >= 0.6 is 0 Å². The number of rotatable bonds is 4. The Bertz CT molecular complexity index is 609. The molecule has 0 heterocycles. The van der Waals surface area contributed by atoms with Crippen molar-refractivity contribution in [2.75, 3.05) is 0 Å². The summed E-state index contributed by atoms with van der Waals surface area (Å²) in [6.07, 6.45) is -9.94. The Kier molecular flexibility index (Phi) is 4.57. The summed E-state index contributed by atoms with van der Waals surface area (Å²) in [5, 5.41) is 0. The van der Waals surface area contributed by atoms with E-state index in [1.54, 1.807) is 0 Å². The molecular weight excluding hydrogens is 330 g/mol. The maximum Gasteiger partial charge on any atom is 0.573 e. The van der Waals surface area contributed by atoms with Crippen molar-refractivity contribution < 1.29 is 40.6 Å². The molecule has 124 valence electrons. The lowest BCUT2D eigenvalue weighted by atomic mass is 10.3. The van der Waals surface area contributed by atoms with Gasteiger partial charge in [0.2, 0.25) is 0 Å². The van der Waals surface area contributed by atoms with E-state index in [1.165, 1.54) is 24.3 Å². The van der Waals surface area contributed by atoms with E-state index < -0.39 is 35.7 Å². The molecule has 0 amide bonds. The first-order valence-electron chi connectivity index (χ1n) is 6.01. The fourth-order valence-electron chi connectivity index (χ4n) is 1.61. The summed E-state index contributed by atoms with van der Waals surface area (Å²) in [4.78, 5) is 0. The zero-order chi connectivity index (χ0) is 17.1. The van der Waals surface area contributed by atoms with Gasteiger partial charge in [-0.05, 0) is 24.3 Å². The number of para-hydroxylation sites is 4. The first-order valence-corrected chi connectivity index (χ1v) is 6.01. The number of hydrogen-bond acceptors (Lipinski definition) is 3. The topological polar surface area (TPSA) is 27.7 Å². The van der Waals surface area contributed by atoms with Crippen LogP contribution in [0.15, 0.2) is 48.5 Å². The standard InChI is InChI=1S/C14H8F6O3/c15-13(16,17)22-11-7-3-1-5-9(11)21-10-6-2-4-8-12(10)23-14(18,19)20/h1-8H. The summed E-state index contributed by atoms with van der Waals surface area (Å²) in [7, 11) is 0. The zero-order valence-electron chi connectivity index (χ0n) is 11.1. The van der Waals surface area contributed by atoms with Crippen molar-refractivity contribution in [2.24, 2.45) is 0 Å². The normalized spacial score (nSPS) is 11.9. The van der Waals surface area contributed by atoms with Gasteiger partial charge >= 0.3 is 12.7 Å². The third-order valence-corrected chi connectivity index (χ3v) is 2.37. The molecule has 0 unspecified atom stereocenters. The SMILES string of the molecule is FC(F)(F)Oc1ccccc1Oc1ccccc1OC(F)(F)F. The number of hydrogen-bond donors (Lipinski definition) is 0. The average Bonchev–Trinajstić information content (AvgIpc) is 2.40. The lowest BCUT2D eigenvalue weighted by molar-refractivity contribution is -0.275. The van der Waals surface area contributed by atoms with Gasteiger partial charge in [0.1, 0.15) is 0 Å². The van der Waals surface area contributed by atoms with Crippen molar-refractivity contribution in [3.05, 3.63) is 48.5 Å². The van der Waals surface area contributed by atoms with Crippen LogP contribution in [-0.4, -0.2) is 12.7 Å². The van der Waals surface area contributed by atoms with Gasteiger partial charge in [0, 0.05) is 0 Å². The summed E-state index contributed by atoms with van der Waals surface area (Å²) in [5.74, 6) is -2.21. The van der Waals surface area contributed by atoms with E-state index in [0.29, 0.717) is 0 Å². The average molecular weight is 338 g/mol. The molecule has 0 fully saturated rings. The number of benzene rings is 2. The summed E-state index contributed by atoms with van der Waals surface area (Å²) < 4.78 is 86.5. The van der Waals surface area contributed by atoms with Gasteiger partial charge < -0.3 is 14.2 Å². The van der Waals surface area contributed by atoms with Crippen LogP contribution in [0.5, 0.6) is 23.0 Å². The Morgan fingerprint density at radius 1 is 0.522 bits per heavy atom. The highest BCUT2D eigenvalue weighted by molar-refractivity contribution is 5.47. The summed E-state index contributed by atoms with van der Waals surface area (Å²) in [5.41, 5.74) is 0. The molecule has 0 saturated carbocycles. The Morgan fingerprint density at radius 3 is 1.13 bits per heavy atom. The van der Waals surface area contributed by atoms with Crippen LogP contribution in [0.3, 0.4) is 0 Å². The van der Waals surface area contributed by atoms with Gasteiger partial charge in [-0.2, -0.15) is 0 Å². The van der Waals surface area contributed by atoms with Crippen molar-refractivity contribution in [2.45, 2.75) is 12.7 Å². The van der Waals surface area contributed by atoms with E-state index in [1.807, 2.05) is 0 Å². The molecule has 0 aromatic heterocycles. The fraction of sp³-hybridized carbons (Fsp3) is 0.143. The van der Waals surface area contributed by atoms with Crippen molar-refractivity contribution in [1.29, 1.82) is 0 Å². The van der Waals surface area contributed by atoms with Crippen molar-refractivity contribution in [3.8, 4) is 23.0 Å². The quantitative estimate of drug-likeness (QED) is 0.710. The van der Waals surface area contributed by atoms with Gasteiger partial charge in [0.05, 0.1) is 0 Å². The van der Waals surface area contributed by atoms with E-state index in [-0.39, 0.29) is 0 Å². The highest BCUT2D eigenvalue weighted by Gasteiger charge is 2.34. The molecule has 2 aromatic rings. The van der Waals surface area contributed by atoms with E-state index in [4.69, 9.17) is 4.74 Å². The molecule has 0 saturated heterocycles. The summed E-state index contributed by atoms with van der Waals surface area (Å²) in [6.45, 7) is 0. The summed E-state index contributed by atoms with van der Waals surface area (Å²) >= 11 is 0. The Hall–Kier alpha value is -2.58. The van der Waals surface area contributed by atoms with Crippen LogP contribution in [0.25, 0.3) is 0 Å². The molecule has 0 spiro atoms. The van der Waals surface area contributed by atoms with Crippen LogP contribution in [0, 0.1) is 0 Å².